The number of aliphatic hydroxyl groups excluding tert-OH is 4. The fourth-order valence-corrected chi connectivity index (χ4v) is 1.54. The Balaban J connectivity index is 0.000000423. The van der Waals surface area contributed by atoms with Crippen LogP contribution in [-0.2, 0) is 16.0 Å². The summed E-state index contributed by atoms with van der Waals surface area (Å²) in [6.45, 7) is 1.24. The van der Waals surface area contributed by atoms with Gasteiger partial charge in [-0.3, -0.25) is 4.79 Å². The highest BCUT2D eigenvalue weighted by molar-refractivity contribution is 5.79. The third kappa shape index (κ3) is 8.38. The molecule has 8 nitrogen and oxygen atoms in total. The van der Waals surface area contributed by atoms with Crippen molar-refractivity contribution in [3.05, 3.63) is 35.9 Å². The Hall–Kier alpha value is -1.84. The number of rotatable bonds is 7. The fraction of sp³-hybridized carbons (Fsp3) is 0.467. The minimum absolute atomic E-state index is 0.0935. The highest BCUT2D eigenvalue weighted by Crippen LogP contribution is 2.02. The van der Waals surface area contributed by atoms with Gasteiger partial charge >= 0.3 is 0 Å². The van der Waals surface area contributed by atoms with E-state index in [1.807, 2.05) is 30.3 Å². The van der Waals surface area contributed by atoms with E-state index in [9.17, 15) is 9.59 Å². The quantitative estimate of drug-likeness (QED) is 0.306. The smallest absolute Gasteiger partial charge is 0.234 e. The van der Waals surface area contributed by atoms with Gasteiger partial charge in [0.25, 0.3) is 0 Å². The molecular weight excluding hydrogens is 304 g/mol. The average Bonchev–Trinajstić information content (AvgIpc) is 2.53. The van der Waals surface area contributed by atoms with E-state index in [0.29, 0.717) is 6.42 Å². The molecule has 0 unspecified atom stereocenters. The summed E-state index contributed by atoms with van der Waals surface area (Å²) in [4.78, 5) is 20.5. The first kappa shape index (κ1) is 21.2. The van der Waals surface area contributed by atoms with Gasteiger partial charge in [-0.25, -0.2) is 0 Å². The number of nitrogens with two attached hydrogens (primary N) is 2. The van der Waals surface area contributed by atoms with Crippen molar-refractivity contribution in [2.24, 2.45) is 11.5 Å². The van der Waals surface area contributed by atoms with Gasteiger partial charge < -0.3 is 36.7 Å². The lowest BCUT2D eigenvalue weighted by molar-refractivity contribution is -0.132. The Morgan fingerprint density at radius 3 is 2.04 bits per heavy atom. The van der Waals surface area contributed by atoms with Crippen molar-refractivity contribution in [2.45, 2.75) is 43.8 Å². The van der Waals surface area contributed by atoms with E-state index in [1.165, 1.54) is 6.92 Å². The van der Waals surface area contributed by atoms with Crippen LogP contribution in [0.15, 0.2) is 30.3 Å². The predicted molar refractivity (Wildman–Crippen MR) is 83.1 cm³/mol. The van der Waals surface area contributed by atoms with Crippen molar-refractivity contribution in [1.82, 2.24) is 0 Å². The van der Waals surface area contributed by atoms with Crippen molar-refractivity contribution < 1.29 is 30.0 Å². The number of benzene rings is 1. The van der Waals surface area contributed by atoms with E-state index in [2.05, 4.69) is 0 Å². The van der Waals surface area contributed by atoms with E-state index < -0.39 is 36.4 Å². The molecule has 0 aliphatic heterocycles. The largest absolute Gasteiger partial charge is 0.391 e. The van der Waals surface area contributed by atoms with E-state index in [1.54, 1.807) is 0 Å². The number of aldehydes is 1. The van der Waals surface area contributed by atoms with Gasteiger partial charge in [-0.2, -0.15) is 0 Å². The molecule has 1 amide bonds. The lowest BCUT2D eigenvalue weighted by atomic mass is 10.1. The molecular formula is C15H24N2O6. The van der Waals surface area contributed by atoms with Crippen molar-refractivity contribution in [1.29, 1.82) is 0 Å². The second kappa shape index (κ2) is 10.8. The summed E-state index contributed by atoms with van der Waals surface area (Å²) in [5, 5.41) is 35.1. The van der Waals surface area contributed by atoms with E-state index in [0.717, 1.165) is 5.56 Å². The normalized spacial score (nSPS) is 17.0. The summed E-state index contributed by atoms with van der Waals surface area (Å²) in [5.41, 5.74) is 11.5. The molecule has 0 fully saturated rings. The van der Waals surface area contributed by atoms with E-state index in [4.69, 9.17) is 31.9 Å². The molecule has 0 radical (unpaired) electrons. The van der Waals surface area contributed by atoms with Crippen LogP contribution in [0.2, 0.25) is 0 Å². The van der Waals surface area contributed by atoms with Crippen LogP contribution in [0.3, 0.4) is 0 Å². The van der Waals surface area contributed by atoms with Crippen LogP contribution in [0.4, 0.5) is 0 Å². The van der Waals surface area contributed by atoms with Crippen molar-refractivity contribution in [3.8, 4) is 0 Å². The van der Waals surface area contributed by atoms with Gasteiger partial charge in [-0.1, -0.05) is 30.3 Å². The Bertz CT molecular complexity index is 468. The van der Waals surface area contributed by atoms with Crippen LogP contribution in [0, 0.1) is 0 Å². The predicted octanol–water partition coefficient (Wildman–Crippen LogP) is -2.31. The number of hydrogen-bond donors (Lipinski definition) is 6. The first-order valence-electron chi connectivity index (χ1n) is 6.97. The van der Waals surface area contributed by atoms with Gasteiger partial charge in [0.1, 0.15) is 18.3 Å². The number of carbonyl (C=O) groups excluding carboxylic acids is 2. The van der Waals surface area contributed by atoms with Crippen molar-refractivity contribution in [3.63, 3.8) is 0 Å². The first-order chi connectivity index (χ1) is 10.7. The number of primary amides is 1. The van der Waals surface area contributed by atoms with Crippen molar-refractivity contribution in [2.75, 3.05) is 0 Å². The van der Waals surface area contributed by atoms with Gasteiger partial charge in [-0.15, -0.1) is 0 Å². The maximum Gasteiger partial charge on any atom is 0.234 e. The summed E-state index contributed by atoms with van der Waals surface area (Å²) < 4.78 is 0. The van der Waals surface area contributed by atoms with Crippen LogP contribution in [0.1, 0.15) is 12.5 Å². The van der Waals surface area contributed by atoms with Crippen molar-refractivity contribution >= 4 is 12.2 Å². The molecule has 0 aliphatic carbocycles. The Labute approximate surface area is 134 Å². The molecule has 0 saturated carbocycles. The van der Waals surface area contributed by atoms with E-state index in [-0.39, 0.29) is 6.29 Å². The minimum Gasteiger partial charge on any atom is -0.391 e. The molecule has 0 bridgehead atoms. The van der Waals surface area contributed by atoms with Crippen LogP contribution in [0.25, 0.3) is 0 Å². The lowest BCUT2D eigenvalue weighted by Crippen LogP contribution is -2.43. The summed E-state index contributed by atoms with van der Waals surface area (Å²) in [6.07, 6.45) is -5.37. The van der Waals surface area contributed by atoms with E-state index >= 15 is 0 Å². The van der Waals surface area contributed by atoms with Gasteiger partial charge in [0.05, 0.1) is 12.1 Å². The third-order valence-corrected chi connectivity index (χ3v) is 3.00. The summed E-state index contributed by atoms with van der Waals surface area (Å²) in [5.74, 6) is -0.459. The molecule has 1 aromatic carbocycles. The average molecular weight is 328 g/mol. The highest BCUT2D eigenvalue weighted by atomic mass is 16.4. The SMILES string of the molecule is C[C@H](O)[C@@H](O)[C@@H](O)[C@H](O)C=O.NC(=O)[C@@H](N)Cc1ccccc1. The van der Waals surface area contributed by atoms with Gasteiger partial charge in [0, 0.05) is 0 Å². The lowest BCUT2D eigenvalue weighted by Gasteiger charge is -2.21. The van der Waals surface area contributed by atoms with Gasteiger partial charge in [-0.05, 0) is 18.9 Å². The zero-order chi connectivity index (χ0) is 18.0. The Morgan fingerprint density at radius 1 is 1.13 bits per heavy atom. The van der Waals surface area contributed by atoms with Gasteiger partial charge in [0.15, 0.2) is 6.29 Å². The molecule has 8 heteroatoms. The molecule has 0 heterocycles. The molecule has 1 rings (SSSR count). The third-order valence-electron chi connectivity index (χ3n) is 3.00. The standard InChI is InChI=1S/C9H12N2O.C6H12O5/c10-8(9(11)12)6-7-4-2-1-3-5-7;1-3(8)5(10)6(11)4(9)2-7/h1-5,8H,6,10H2,(H2,11,12);2-6,8-11H,1H3/t8-;3-,4+,5+,6-/m00/s1. The van der Waals surface area contributed by atoms with Crippen LogP contribution >= 0.6 is 0 Å². The Morgan fingerprint density at radius 2 is 1.65 bits per heavy atom. The molecule has 23 heavy (non-hydrogen) atoms. The maximum atomic E-state index is 10.6. The van der Waals surface area contributed by atoms with Gasteiger partial charge in [0.2, 0.25) is 5.91 Å². The van der Waals surface area contributed by atoms with Crippen LogP contribution < -0.4 is 11.5 Å². The minimum atomic E-state index is -1.65. The fourth-order valence-electron chi connectivity index (χ4n) is 1.54. The summed E-state index contributed by atoms with van der Waals surface area (Å²) >= 11 is 0. The van der Waals surface area contributed by atoms with Crippen LogP contribution in [-0.4, -0.2) is 63.1 Å². The highest BCUT2D eigenvalue weighted by Gasteiger charge is 2.27. The molecule has 130 valence electrons. The molecule has 0 spiro atoms. The number of carbonyl (C=O) groups is 2. The summed E-state index contributed by atoms with van der Waals surface area (Å²) in [7, 11) is 0. The molecule has 1 aromatic rings. The summed E-state index contributed by atoms with van der Waals surface area (Å²) in [6, 6.07) is 8.99. The molecule has 5 atom stereocenters. The zero-order valence-corrected chi connectivity index (χ0v) is 12.8. The molecule has 0 saturated heterocycles. The molecule has 0 aromatic heterocycles. The number of aliphatic hydroxyl groups is 4. The monoisotopic (exact) mass is 328 g/mol. The molecule has 0 aliphatic rings. The number of amides is 1. The first-order valence-corrected chi connectivity index (χ1v) is 6.97. The Kier molecular flexibility index (Phi) is 9.95. The topological polar surface area (TPSA) is 167 Å². The second-order valence-electron chi connectivity index (χ2n) is 5.05. The number of hydrogen-bond acceptors (Lipinski definition) is 7. The molecule has 8 N–H and O–H groups in total. The second-order valence-corrected chi connectivity index (χ2v) is 5.05. The van der Waals surface area contributed by atoms with Crippen LogP contribution in [0.5, 0.6) is 0 Å². The maximum absolute atomic E-state index is 10.6. The zero-order valence-electron chi connectivity index (χ0n) is 12.8.